The van der Waals surface area contributed by atoms with Gasteiger partial charge in [0.05, 0.1) is 0 Å². The Morgan fingerprint density at radius 2 is 2.06 bits per heavy atom. The zero-order valence-electron chi connectivity index (χ0n) is 11.2. The van der Waals surface area contributed by atoms with E-state index in [1.54, 1.807) is 12.3 Å². The van der Waals surface area contributed by atoms with Crippen molar-refractivity contribution in [1.29, 1.82) is 0 Å². The molecule has 0 bridgehead atoms. The van der Waals surface area contributed by atoms with Crippen molar-refractivity contribution in [2.75, 3.05) is 20.1 Å². The normalized spacial score (nSPS) is 12.1. The summed E-state index contributed by atoms with van der Waals surface area (Å²) in [7, 11) is 2.08. The monoisotopic (exact) mass is 237 g/mol. The predicted molar refractivity (Wildman–Crippen MR) is 71.2 cm³/mol. The Morgan fingerprint density at radius 3 is 2.59 bits per heavy atom. The minimum atomic E-state index is -0.0502. The van der Waals surface area contributed by atoms with Crippen molar-refractivity contribution in [2.45, 2.75) is 32.9 Å². The lowest BCUT2D eigenvalue weighted by molar-refractivity contribution is 0.303. The molecule has 0 radical (unpaired) electrons. The number of H-pyrrole nitrogens is 1. The molecule has 0 aliphatic heterocycles. The Bertz CT molecular complexity index is 372. The highest BCUT2D eigenvalue weighted by Crippen LogP contribution is 2.00. The van der Waals surface area contributed by atoms with Crippen LogP contribution in [0.3, 0.4) is 0 Å². The average molecular weight is 237 g/mol. The number of likely N-dealkylation sites (N-methyl/N-ethyl adjacent to an activating group) is 1. The molecule has 17 heavy (non-hydrogen) atoms. The van der Waals surface area contributed by atoms with E-state index in [0.29, 0.717) is 0 Å². The molecule has 4 heteroatoms. The van der Waals surface area contributed by atoms with Gasteiger partial charge in [-0.2, -0.15) is 0 Å². The van der Waals surface area contributed by atoms with Gasteiger partial charge in [0.25, 0.3) is 0 Å². The number of rotatable bonds is 5. The number of pyridine rings is 1. The zero-order valence-corrected chi connectivity index (χ0v) is 11.2. The zero-order chi connectivity index (χ0) is 12.9. The number of aromatic nitrogens is 1. The number of aromatic amines is 1. The van der Waals surface area contributed by atoms with E-state index in [4.69, 9.17) is 0 Å². The third kappa shape index (κ3) is 6.24. The van der Waals surface area contributed by atoms with Crippen LogP contribution < -0.4 is 10.9 Å². The summed E-state index contributed by atoms with van der Waals surface area (Å²) < 4.78 is 0. The summed E-state index contributed by atoms with van der Waals surface area (Å²) in [5.41, 5.74) is 1.24. The second kappa shape index (κ2) is 5.98. The van der Waals surface area contributed by atoms with Gasteiger partial charge in [-0.3, -0.25) is 4.79 Å². The van der Waals surface area contributed by atoms with E-state index < -0.39 is 0 Å². The molecule has 1 rings (SSSR count). The highest BCUT2D eigenvalue weighted by Gasteiger charge is 2.08. The van der Waals surface area contributed by atoms with Crippen LogP contribution in [-0.4, -0.2) is 35.6 Å². The lowest BCUT2D eigenvalue weighted by Crippen LogP contribution is -2.40. The first kappa shape index (κ1) is 13.9. The van der Waals surface area contributed by atoms with Gasteiger partial charge < -0.3 is 15.2 Å². The first-order chi connectivity index (χ1) is 7.87. The van der Waals surface area contributed by atoms with Crippen LogP contribution in [0, 0.1) is 0 Å². The highest BCUT2D eigenvalue weighted by atomic mass is 16.1. The van der Waals surface area contributed by atoms with Crippen LogP contribution in [0.5, 0.6) is 0 Å². The molecule has 0 amide bonds. The maximum absolute atomic E-state index is 10.9. The van der Waals surface area contributed by atoms with Crippen molar-refractivity contribution in [2.24, 2.45) is 0 Å². The second-order valence-electron chi connectivity index (χ2n) is 5.48. The fourth-order valence-electron chi connectivity index (χ4n) is 1.55. The molecule has 0 aliphatic rings. The van der Waals surface area contributed by atoms with Crippen molar-refractivity contribution in [3.05, 3.63) is 34.2 Å². The first-order valence-electron chi connectivity index (χ1n) is 5.98. The number of hydrogen-bond donors (Lipinski definition) is 2. The molecule has 96 valence electrons. The van der Waals surface area contributed by atoms with Crippen molar-refractivity contribution in [3.63, 3.8) is 0 Å². The lowest BCUT2D eigenvalue weighted by Gasteiger charge is -2.23. The van der Waals surface area contributed by atoms with E-state index in [1.165, 1.54) is 0 Å². The number of nitrogens with zero attached hydrogens (tertiary/aromatic N) is 1. The van der Waals surface area contributed by atoms with Crippen molar-refractivity contribution in [3.8, 4) is 0 Å². The molecule has 4 nitrogen and oxygen atoms in total. The van der Waals surface area contributed by atoms with Crippen LogP contribution in [0.1, 0.15) is 26.3 Å². The maximum Gasteiger partial charge on any atom is 0.247 e. The van der Waals surface area contributed by atoms with Gasteiger partial charge in [-0.1, -0.05) is 6.07 Å². The Morgan fingerprint density at radius 1 is 1.35 bits per heavy atom. The van der Waals surface area contributed by atoms with Crippen molar-refractivity contribution in [1.82, 2.24) is 15.2 Å². The van der Waals surface area contributed by atoms with Gasteiger partial charge in [-0.25, -0.2) is 0 Å². The molecule has 0 unspecified atom stereocenters. The average Bonchev–Trinajstić information content (AvgIpc) is 2.19. The smallest absolute Gasteiger partial charge is 0.247 e. The van der Waals surface area contributed by atoms with Crippen LogP contribution in [0.4, 0.5) is 0 Å². The first-order valence-corrected chi connectivity index (χ1v) is 5.98. The van der Waals surface area contributed by atoms with Gasteiger partial charge in [0, 0.05) is 37.4 Å². The van der Waals surface area contributed by atoms with Crippen LogP contribution >= 0.6 is 0 Å². The second-order valence-corrected chi connectivity index (χ2v) is 5.48. The summed E-state index contributed by atoms with van der Waals surface area (Å²) in [5, 5.41) is 3.45. The van der Waals surface area contributed by atoms with E-state index >= 15 is 0 Å². The summed E-state index contributed by atoms with van der Waals surface area (Å²) in [5.74, 6) is 0. The van der Waals surface area contributed by atoms with Gasteiger partial charge in [-0.05, 0) is 33.4 Å². The molecule has 0 atom stereocenters. The topological polar surface area (TPSA) is 48.1 Å². The van der Waals surface area contributed by atoms with Gasteiger partial charge in [0.15, 0.2) is 0 Å². The van der Waals surface area contributed by atoms with E-state index in [2.05, 4.69) is 43.0 Å². The standard InChI is InChI=1S/C13H23N3O/c1-13(2,3)15-7-8-16(4)10-11-5-6-12(17)14-9-11/h5-6,9,15H,7-8,10H2,1-4H3,(H,14,17). The van der Waals surface area contributed by atoms with Crippen LogP contribution in [0.2, 0.25) is 0 Å². The summed E-state index contributed by atoms with van der Waals surface area (Å²) >= 11 is 0. The Balaban J connectivity index is 2.32. The molecule has 0 saturated heterocycles. The fraction of sp³-hybridized carbons (Fsp3) is 0.615. The fourth-order valence-corrected chi connectivity index (χ4v) is 1.55. The van der Waals surface area contributed by atoms with Gasteiger partial charge in [0.2, 0.25) is 5.56 Å². The van der Waals surface area contributed by atoms with Crippen molar-refractivity contribution >= 4 is 0 Å². The summed E-state index contributed by atoms with van der Waals surface area (Å²) in [4.78, 5) is 15.8. The molecule has 0 fully saturated rings. The Hall–Kier alpha value is -1.13. The molecule has 0 spiro atoms. The quantitative estimate of drug-likeness (QED) is 0.809. The van der Waals surface area contributed by atoms with Crippen molar-refractivity contribution < 1.29 is 0 Å². The molecular weight excluding hydrogens is 214 g/mol. The molecule has 0 aliphatic carbocycles. The molecule has 1 heterocycles. The predicted octanol–water partition coefficient (Wildman–Crippen LogP) is 1.19. The van der Waals surface area contributed by atoms with E-state index in [1.807, 2.05) is 6.07 Å². The molecule has 0 aromatic carbocycles. The van der Waals surface area contributed by atoms with E-state index in [-0.39, 0.29) is 11.1 Å². The summed E-state index contributed by atoms with van der Waals surface area (Å²) in [6.45, 7) is 9.28. The van der Waals surface area contributed by atoms with Gasteiger partial charge in [0.1, 0.15) is 0 Å². The number of nitrogens with one attached hydrogen (secondary N) is 2. The Kier molecular flexibility index (Phi) is 4.90. The number of hydrogen-bond acceptors (Lipinski definition) is 3. The van der Waals surface area contributed by atoms with Crippen LogP contribution in [-0.2, 0) is 6.54 Å². The molecule has 2 N–H and O–H groups in total. The van der Waals surface area contributed by atoms with E-state index in [9.17, 15) is 4.79 Å². The van der Waals surface area contributed by atoms with Gasteiger partial charge >= 0.3 is 0 Å². The van der Waals surface area contributed by atoms with E-state index in [0.717, 1.165) is 25.2 Å². The Labute approximate surface area is 103 Å². The minimum Gasteiger partial charge on any atom is -0.329 e. The maximum atomic E-state index is 10.9. The summed E-state index contributed by atoms with van der Waals surface area (Å²) in [6, 6.07) is 3.43. The SMILES string of the molecule is CN(CCNC(C)(C)C)Cc1ccc(=O)[nH]c1. The molecule has 0 saturated carbocycles. The molecule has 1 aromatic rings. The van der Waals surface area contributed by atoms with Gasteiger partial charge in [-0.15, -0.1) is 0 Å². The minimum absolute atomic E-state index is 0.0502. The lowest BCUT2D eigenvalue weighted by atomic mass is 10.1. The summed E-state index contributed by atoms with van der Waals surface area (Å²) in [6.07, 6.45) is 1.77. The molecule has 1 aromatic heterocycles. The molecular formula is C13H23N3O. The van der Waals surface area contributed by atoms with Crippen LogP contribution in [0.15, 0.2) is 23.1 Å². The third-order valence-electron chi connectivity index (χ3n) is 2.45. The third-order valence-corrected chi connectivity index (χ3v) is 2.45. The largest absolute Gasteiger partial charge is 0.329 e. The highest BCUT2D eigenvalue weighted by molar-refractivity contribution is 5.08. The van der Waals surface area contributed by atoms with Crippen LogP contribution in [0.25, 0.3) is 0 Å².